The fourth-order valence-corrected chi connectivity index (χ4v) is 3.62. The summed E-state index contributed by atoms with van der Waals surface area (Å²) in [7, 11) is 0. The zero-order chi connectivity index (χ0) is 21.0. The summed E-state index contributed by atoms with van der Waals surface area (Å²) in [4.78, 5) is 21.8. The first kappa shape index (κ1) is 18.6. The van der Waals surface area contributed by atoms with Gasteiger partial charge in [0.1, 0.15) is 0 Å². The lowest BCUT2D eigenvalue weighted by atomic mass is 10.0. The number of carbonyl (C=O) groups is 1. The van der Waals surface area contributed by atoms with Crippen molar-refractivity contribution in [2.45, 2.75) is 0 Å². The SMILES string of the molecule is O=C(N/N=C/c1cccc2ccccc12)c1cc(-c2ccncc2)nc2ccccc12. The maximum atomic E-state index is 13.0. The van der Waals surface area contributed by atoms with E-state index in [0.717, 1.165) is 32.8 Å². The van der Waals surface area contributed by atoms with Gasteiger partial charge in [0.05, 0.1) is 23.0 Å². The molecule has 5 heteroatoms. The van der Waals surface area contributed by atoms with Gasteiger partial charge in [0.25, 0.3) is 5.91 Å². The fraction of sp³-hybridized carbons (Fsp3) is 0. The molecule has 2 heterocycles. The second-order valence-corrected chi connectivity index (χ2v) is 7.08. The van der Waals surface area contributed by atoms with Crippen LogP contribution in [0, 0.1) is 0 Å². The maximum absolute atomic E-state index is 13.0. The number of fused-ring (bicyclic) bond motifs is 2. The van der Waals surface area contributed by atoms with Crippen molar-refractivity contribution in [3.8, 4) is 11.3 Å². The molecule has 0 aliphatic rings. The van der Waals surface area contributed by atoms with Gasteiger partial charge in [0.15, 0.2) is 0 Å². The Balaban J connectivity index is 1.49. The number of pyridine rings is 2. The number of aromatic nitrogens is 2. The van der Waals surface area contributed by atoms with Crippen LogP contribution in [0.5, 0.6) is 0 Å². The van der Waals surface area contributed by atoms with E-state index in [1.54, 1.807) is 24.7 Å². The number of nitrogens with one attached hydrogen (secondary N) is 1. The van der Waals surface area contributed by atoms with Gasteiger partial charge in [0.2, 0.25) is 0 Å². The number of hydrogen-bond donors (Lipinski definition) is 1. The van der Waals surface area contributed by atoms with E-state index >= 15 is 0 Å². The van der Waals surface area contributed by atoms with Crippen molar-refractivity contribution < 1.29 is 4.79 Å². The molecular weight excluding hydrogens is 384 g/mol. The zero-order valence-electron chi connectivity index (χ0n) is 16.6. The average Bonchev–Trinajstić information content (AvgIpc) is 2.84. The van der Waals surface area contributed by atoms with Crippen LogP contribution in [0.1, 0.15) is 15.9 Å². The van der Waals surface area contributed by atoms with Crippen molar-refractivity contribution in [2.24, 2.45) is 5.10 Å². The van der Waals surface area contributed by atoms with Gasteiger partial charge in [-0.2, -0.15) is 5.10 Å². The highest BCUT2D eigenvalue weighted by molar-refractivity contribution is 6.07. The molecule has 0 saturated carbocycles. The molecule has 5 aromatic rings. The molecule has 0 atom stereocenters. The first-order valence-electron chi connectivity index (χ1n) is 9.91. The van der Waals surface area contributed by atoms with Gasteiger partial charge in [-0.15, -0.1) is 0 Å². The summed E-state index contributed by atoms with van der Waals surface area (Å²) in [5, 5.41) is 7.20. The summed E-state index contributed by atoms with van der Waals surface area (Å²) in [6.45, 7) is 0. The fourth-order valence-electron chi connectivity index (χ4n) is 3.62. The van der Waals surface area contributed by atoms with Crippen molar-refractivity contribution in [2.75, 3.05) is 0 Å². The predicted octanol–water partition coefficient (Wildman–Crippen LogP) is 5.21. The van der Waals surface area contributed by atoms with E-state index in [9.17, 15) is 4.79 Å². The van der Waals surface area contributed by atoms with E-state index in [0.29, 0.717) is 11.3 Å². The first-order chi connectivity index (χ1) is 15.3. The quantitative estimate of drug-likeness (QED) is 0.331. The molecule has 0 fully saturated rings. The van der Waals surface area contributed by atoms with Crippen molar-refractivity contribution in [1.29, 1.82) is 0 Å². The minimum atomic E-state index is -0.287. The summed E-state index contributed by atoms with van der Waals surface area (Å²) >= 11 is 0. The molecule has 0 bridgehead atoms. The minimum absolute atomic E-state index is 0.287. The van der Waals surface area contributed by atoms with E-state index in [-0.39, 0.29) is 5.91 Å². The molecule has 31 heavy (non-hydrogen) atoms. The third-order valence-corrected chi connectivity index (χ3v) is 5.13. The molecule has 1 amide bonds. The summed E-state index contributed by atoms with van der Waals surface area (Å²) in [5.41, 5.74) is 6.49. The molecule has 0 unspecified atom stereocenters. The van der Waals surface area contributed by atoms with Crippen LogP contribution < -0.4 is 5.43 Å². The summed E-state index contributed by atoms with van der Waals surface area (Å²) in [5.74, 6) is -0.287. The normalized spacial score (nSPS) is 11.2. The van der Waals surface area contributed by atoms with E-state index in [2.05, 4.69) is 27.6 Å². The van der Waals surface area contributed by atoms with Gasteiger partial charge in [-0.25, -0.2) is 10.4 Å². The number of rotatable bonds is 4. The molecule has 0 spiro atoms. The smallest absolute Gasteiger partial charge is 0.267 e. The molecule has 0 radical (unpaired) electrons. The molecule has 0 aliphatic carbocycles. The first-order valence-corrected chi connectivity index (χ1v) is 9.91. The van der Waals surface area contributed by atoms with E-state index < -0.39 is 0 Å². The van der Waals surface area contributed by atoms with E-state index in [1.807, 2.05) is 66.7 Å². The predicted molar refractivity (Wildman–Crippen MR) is 124 cm³/mol. The molecule has 5 rings (SSSR count). The molecule has 5 nitrogen and oxygen atoms in total. The largest absolute Gasteiger partial charge is 0.272 e. The van der Waals surface area contributed by atoms with E-state index in [1.165, 1.54) is 0 Å². The van der Waals surface area contributed by atoms with Crippen molar-refractivity contribution >= 4 is 33.8 Å². The monoisotopic (exact) mass is 402 g/mol. The average molecular weight is 402 g/mol. The van der Waals surface area contributed by atoms with Crippen LogP contribution in [-0.2, 0) is 0 Å². The second kappa shape index (κ2) is 8.16. The molecular formula is C26H18N4O. The van der Waals surface area contributed by atoms with Gasteiger partial charge >= 0.3 is 0 Å². The van der Waals surface area contributed by atoms with Crippen molar-refractivity contribution in [3.63, 3.8) is 0 Å². The van der Waals surface area contributed by atoms with Crippen LogP contribution >= 0.6 is 0 Å². The van der Waals surface area contributed by atoms with Crippen LogP contribution in [0.4, 0.5) is 0 Å². The number of nitrogens with zero attached hydrogens (tertiary/aromatic N) is 3. The lowest BCUT2D eigenvalue weighted by Crippen LogP contribution is -2.18. The van der Waals surface area contributed by atoms with E-state index in [4.69, 9.17) is 4.98 Å². The topological polar surface area (TPSA) is 67.2 Å². The molecule has 1 N–H and O–H groups in total. The van der Waals surface area contributed by atoms with Crippen LogP contribution in [0.2, 0.25) is 0 Å². The number of carbonyl (C=O) groups excluding carboxylic acids is 1. The summed E-state index contributed by atoms with van der Waals surface area (Å²) < 4.78 is 0. The van der Waals surface area contributed by atoms with Crippen molar-refractivity contribution in [1.82, 2.24) is 15.4 Å². The summed E-state index contributed by atoms with van der Waals surface area (Å²) in [6.07, 6.45) is 5.09. The van der Waals surface area contributed by atoms with Gasteiger partial charge in [-0.1, -0.05) is 60.7 Å². The lowest BCUT2D eigenvalue weighted by Gasteiger charge is -2.09. The van der Waals surface area contributed by atoms with Gasteiger partial charge in [-0.05, 0) is 35.0 Å². The van der Waals surface area contributed by atoms with Crippen LogP contribution in [0.25, 0.3) is 32.9 Å². The molecule has 148 valence electrons. The maximum Gasteiger partial charge on any atom is 0.272 e. The highest BCUT2D eigenvalue weighted by Crippen LogP contribution is 2.24. The van der Waals surface area contributed by atoms with Crippen LogP contribution in [0.3, 0.4) is 0 Å². The Bertz CT molecular complexity index is 1420. The Labute approximate surface area is 179 Å². The Hall–Kier alpha value is -4.38. The Morgan fingerprint density at radius 1 is 0.839 bits per heavy atom. The third kappa shape index (κ3) is 3.76. The highest BCUT2D eigenvalue weighted by atomic mass is 16.2. The summed E-state index contributed by atoms with van der Waals surface area (Å²) in [6, 6.07) is 27.2. The van der Waals surface area contributed by atoms with Crippen molar-refractivity contribution in [3.05, 3.63) is 108 Å². The Morgan fingerprint density at radius 2 is 1.58 bits per heavy atom. The number of amides is 1. The molecule has 0 aliphatic heterocycles. The molecule has 3 aromatic carbocycles. The number of benzene rings is 3. The lowest BCUT2D eigenvalue weighted by molar-refractivity contribution is 0.0956. The Morgan fingerprint density at radius 3 is 2.45 bits per heavy atom. The minimum Gasteiger partial charge on any atom is -0.267 e. The standard InChI is InChI=1S/C26H18N4O/c31-26(30-28-17-20-8-5-7-18-6-1-2-9-21(18)20)23-16-25(19-12-14-27-15-13-19)29-24-11-4-3-10-22(23)24/h1-17H,(H,30,31)/b28-17+. The second-order valence-electron chi connectivity index (χ2n) is 7.08. The highest BCUT2D eigenvalue weighted by Gasteiger charge is 2.13. The Kier molecular flexibility index (Phi) is 4.91. The van der Waals surface area contributed by atoms with Crippen LogP contribution in [0.15, 0.2) is 102 Å². The molecule has 0 saturated heterocycles. The number of hydrazone groups is 1. The number of hydrogen-bond acceptors (Lipinski definition) is 4. The van der Waals surface area contributed by atoms with Gasteiger partial charge in [-0.3, -0.25) is 9.78 Å². The van der Waals surface area contributed by atoms with Gasteiger partial charge in [0, 0.05) is 28.9 Å². The zero-order valence-corrected chi connectivity index (χ0v) is 16.6. The number of para-hydroxylation sites is 1. The van der Waals surface area contributed by atoms with Crippen LogP contribution in [-0.4, -0.2) is 22.1 Å². The molecule has 2 aromatic heterocycles. The third-order valence-electron chi connectivity index (χ3n) is 5.13. The van der Waals surface area contributed by atoms with Gasteiger partial charge < -0.3 is 0 Å².